The second kappa shape index (κ2) is 4.75. The molecular weight excluding hydrogens is 290 g/mol. The number of aromatic hydroxyl groups is 1. The summed E-state index contributed by atoms with van der Waals surface area (Å²) in [6, 6.07) is 4.13. The molecule has 0 amide bonds. The number of rotatable bonds is 3. The van der Waals surface area contributed by atoms with Gasteiger partial charge in [0.2, 0.25) is 0 Å². The van der Waals surface area contributed by atoms with Gasteiger partial charge in [0.1, 0.15) is 10.6 Å². The minimum absolute atomic E-state index is 0.0596. The van der Waals surface area contributed by atoms with Crippen molar-refractivity contribution >= 4 is 27.3 Å². The third-order valence-corrected chi connectivity index (χ3v) is 4.40. The Kier molecular flexibility index (Phi) is 3.42. The molecule has 0 saturated carbocycles. The van der Waals surface area contributed by atoms with E-state index in [9.17, 15) is 13.5 Å². The first-order chi connectivity index (χ1) is 8.81. The zero-order valence-electron chi connectivity index (χ0n) is 10.2. The number of H-pyrrole nitrogens is 1. The number of aryl methyl sites for hydroxylation is 2. The number of phenols is 1. The van der Waals surface area contributed by atoms with E-state index in [1.54, 1.807) is 13.8 Å². The first-order valence-electron chi connectivity index (χ1n) is 5.34. The number of anilines is 1. The van der Waals surface area contributed by atoms with Crippen LogP contribution in [0.25, 0.3) is 0 Å². The molecule has 0 spiro atoms. The lowest BCUT2D eigenvalue weighted by atomic mass is 10.3. The Labute approximate surface area is 115 Å². The van der Waals surface area contributed by atoms with Gasteiger partial charge in [-0.3, -0.25) is 9.82 Å². The van der Waals surface area contributed by atoms with Crippen LogP contribution in [0.15, 0.2) is 23.1 Å². The van der Waals surface area contributed by atoms with Crippen LogP contribution in [0.4, 0.5) is 5.69 Å². The molecule has 0 bridgehead atoms. The SMILES string of the molecule is Cc1n[nH]c(C)c1S(=O)(=O)Nc1ccc(Cl)cc1O. The molecule has 8 heteroatoms. The summed E-state index contributed by atoms with van der Waals surface area (Å²) in [5, 5.41) is 16.4. The van der Waals surface area contributed by atoms with E-state index in [4.69, 9.17) is 11.6 Å². The van der Waals surface area contributed by atoms with Crippen molar-refractivity contribution in [3.05, 3.63) is 34.6 Å². The second-order valence-corrected chi connectivity index (χ2v) is 6.09. The first-order valence-corrected chi connectivity index (χ1v) is 7.20. The molecule has 0 unspecified atom stereocenters. The molecular formula is C11H12ClN3O3S. The maximum atomic E-state index is 12.2. The molecule has 0 aliphatic heterocycles. The van der Waals surface area contributed by atoms with Gasteiger partial charge in [0.25, 0.3) is 10.0 Å². The highest BCUT2D eigenvalue weighted by Gasteiger charge is 2.23. The normalized spacial score (nSPS) is 11.5. The second-order valence-electron chi connectivity index (χ2n) is 4.03. The zero-order chi connectivity index (χ0) is 14.2. The molecule has 2 aromatic rings. The van der Waals surface area contributed by atoms with E-state index < -0.39 is 10.0 Å². The predicted octanol–water partition coefficient (Wildman–Crippen LogP) is 2.19. The molecule has 2 rings (SSSR count). The van der Waals surface area contributed by atoms with Crippen molar-refractivity contribution in [2.75, 3.05) is 4.72 Å². The molecule has 0 aliphatic rings. The molecule has 0 radical (unpaired) electrons. The Morgan fingerprint density at radius 3 is 2.58 bits per heavy atom. The van der Waals surface area contributed by atoms with Crippen molar-refractivity contribution in [3.63, 3.8) is 0 Å². The smallest absolute Gasteiger partial charge is 0.265 e. The maximum absolute atomic E-state index is 12.2. The van der Waals surface area contributed by atoms with Crippen LogP contribution in [0.5, 0.6) is 5.75 Å². The molecule has 0 aliphatic carbocycles. The Hall–Kier alpha value is -1.73. The number of halogens is 1. The highest BCUT2D eigenvalue weighted by atomic mass is 35.5. The van der Waals surface area contributed by atoms with E-state index in [2.05, 4.69) is 14.9 Å². The molecule has 102 valence electrons. The summed E-state index contributed by atoms with van der Waals surface area (Å²) >= 11 is 5.69. The van der Waals surface area contributed by atoms with Gasteiger partial charge in [-0.1, -0.05) is 11.6 Å². The molecule has 6 nitrogen and oxygen atoms in total. The van der Waals surface area contributed by atoms with Gasteiger partial charge in [0.15, 0.2) is 0 Å². The minimum Gasteiger partial charge on any atom is -0.506 e. The lowest BCUT2D eigenvalue weighted by molar-refractivity contribution is 0.477. The highest BCUT2D eigenvalue weighted by Crippen LogP contribution is 2.29. The van der Waals surface area contributed by atoms with E-state index >= 15 is 0 Å². The molecule has 1 aromatic carbocycles. The molecule has 1 aromatic heterocycles. The van der Waals surface area contributed by atoms with Gasteiger partial charge >= 0.3 is 0 Å². The molecule has 0 saturated heterocycles. The van der Waals surface area contributed by atoms with Crippen LogP contribution in [0.3, 0.4) is 0 Å². The zero-order valence-corrected chi connectivity index (χ0v) is 11.8. The number of hydrogen-bond acceptors (Lipinski definition) is 4. The number of benzene rings is 1. The van der Waals surface area contributed by atoms with Crippen LogP contribution in [-0.4, -0.2) is 23.7 Å². The van der Waals surface area contributed by atoms with Gasteiger partial charge in [0, 0.05) is 11.1 Å². The average molecular weight is 302 g/mol. The molecule has 19 heavy (non-hydrogen) atoms. The van der Waals surface area contributed by atoms with E-state index in [-0.39, 0.29) is 16.3 Å². The van der Waals surface area contributed by atoms with Crippen molar-refractivity contribution in [2.45, 2.75) is 18.7 Å². The number of nitrogens with one attached hydrogen (secondary N) is 2. The summed E-state index contributed by atoms with van der Waals surface area (Å²) in [6.07, 6.45) is 0. The average Bonchev–Trinajstić information content (AvgIpc) is 2.63. The van der Waals surface area contributed by atoms with Gasteiger partial charge in [-0.05, 0) is 26.0 Å². The van der Waals surface area contributed by atoms with Crippen molar-refractivity contribution in [3.8, 4) is 5.75 Å². The molecule has 1 heterocycles. The van der Waals surface area contributed by atoms with Gasteiger partial charge in [-0.2, -0.15) is 5.10 Å². The summed E-state index contributed by atoms with van der Waals surface area (Å²) in [6.45, 7) is 3.19. The third kappa shape index (κ3) is 2.66. The van der Waals surface area contributed by atoms with E-state index in [1.807, 2.05) is 0 Å². The van der Waals surface area contributed by atoms with E-state index in [0.29, 0.717) is 16.4 Å². The van der Waals surface area contributed by atoms with Gasteiger partial charge in [-0.25, -0.2) is 8.42 Å². The Balaban J connectivity index is 2.42. The Morgan fingerprint density at radius 2 is 2.05 bits per heavy atom. The van der Waals surface area contributed by atoms with Crippen LogP contribution in [0.1, 0.15) is 11.4 Å². The fourth-order valence-corrected chi connectivity index (χ4v) is 3.34. The summed E-state index contributed by atoms with van der Waals surface area (Å²) in [5.41, 5.74) is 0.848. The van der Waals surface area contributed by atoms with Crippen LogP contribution in [0, 0.1) is 13.8 Å². The largest absolute Gasteiger partial charge is 0.506 e. The summed E-state index contributed by atoms with van der Waals surface area (Å²) in [7, 11) is -3.81. The number of nitrogens with zero attached hydrogens (tertiary/aromatic N) is 1. The monoisotopic (exact) mass is 301 g/mol. The number of aromatic nitrogens is 2. The Morgan fingerprint density at radius 1 is 1.37 bits per heavy atom. The number of sulfonamides is 1. The van der Waals surface area contributed by atoms with Crippen molar-refractivity contribution in [1.82, 2.24) is 10.2 Å². The maximum Gasteiger partial charge on any atom is 0.265 e. The highest BCUT2D eigenvalue weighted by molar-refractivity contribution is 7.92. The van der Waals surface area contributed by atoms with Gasteiger partial charge in [0.05, 0.1) is 17.1 Å². The van der Waals surface area contributed by atoms with Crippen molar-refractivity contribution in [1.29, 1.82) is 0 Å². The van der Waals surface area contributed by atoms with E-state index in [1.165, 1.54) is 18.2 Å². The van der Waals surface area contributed by atoms with Crippen molar-refractivity contribution < 1.29 is 13.5 Å². The number of aromatic amines is 1. The topological polar surface area (TPSA) is 95.1 Å². The molecule has 3 N–H and O–H groups in total. The van der Waals surface area contributed by atoms with Gasteiger partial charge in [-0.15, -0.1) is 0 Å². The van der Waals surface area contributed by atoms with Crippen LogP contribution in [-0.2, 0) is 10.0 Å². The first kappa shape index (κ1) is 13.7. The fraction of sp³-hybridized carbons (Fsp3) is 0.182. The number of hydrogen-bond donors (Lipinski definition) is 3. The predicted molar refractivity (Wildman–Crippen MR) is 72.0 cm³/mol. The van der Waals surface area contributed by atoms with E-state index in [0.717, 1.165) is 0 Å². The summed E-state index contributed by atoms with van der Waals surface area (Å²) in [4.78, 5) is 0.0712. The quantitative estimate of drug-likeness (QED) is 0.757. The van der Waals surface area contributed by atoms with Crippen LogP contribution < -0.4 is 4.72 Å². The molecule has 0 fully saturated rings. The third-order valence-electron chi connectivity index (χ3n) is 2.53. The number of phenolic OH excluding ortho intramolecular Hbond substituents is 1. The van der Waals surface area contributed by atoms with Crippen molar-refractivity contribution in [2.24, 2.45) is 0 Å². The summed E-state index contributed by atoms with van der Waals surface area (Å²) < 4.78 is 26.8. The van der Waals surface area contributed by atoms with Crippen LogP contribution in [0.2, 0.25) is 5.02 Å². The molecule has 0 atom stereocenters. The van der Waals surface area contributed by atoms with Gasteiger partial charge < -0.3 is 5.11 Å². The minimum atomic E-state index is -3.81. The standard InChI is InChI=1S/C11H12ClN3O3S/c1-6-11(7(2)14-13-6)19(17,18)15-9-4-3-8(12)5-10(9)16/h3-5,15-16H,1-2H3,(H,13,14). The lowest BCUT2D eigenvalue weighted by Gasteiger charge is -2.09. The fourth-order valence-electron chi connectivity index (χ4n) is 1.72. The van der Waals surface area contributed by atoms with Crippen LogP contribution >= 0.6 is 11.6 Å². The Bertz CT molecular complexity index is 705. The lowest BCUT2D eigenvalue weighted by Crippen LogP contribution is -2.14. The summed E-state index contributed by atoms with van der Waals surface area (Å²) in [5.74, 6) is -0.241.